The first-order chi connectivity index (χ1) is 14.8. The van der Waals surface area contributed by atoms with Crippen molar-refractivity contribution in [3.63, 3.8) is 0 Å². The van der Waals surface area contributed by atoms with Crippen LogP contribution >= 0.6 is 0 Å². The number of fused-ring (bicyclic) bond motifs is 1. The minimum atomic E-state index is -0.554. The molecule has 31 heavy (non-hydrogen) atoms. The Morgan fingerprint density at radius 3 is 2.35 bits per heavy atom. The molecule has 3 rings (SSSR count). The third kappa shape index (κ3) is 5.58. The molecule has 0 saturated heterocycles. The quantitative estimate of drug-likeness (QED) is 0.556. The molecule has 0 aliphatic carbocycles. The summed E-state index contributed by atoms with van der Waals surface area (Å²) in [6, 6.07) is 16.2. The van der Waals surface area contributed by atoms with E-state index >= 15 is 0 Å². The van der Waals surface area contributed by atoms with E-state index in [9.17, 15) is 9.59 Å². The van der Waals surface area contributed by atoms with E-state index < -0.39 is 5.91 Å². The first-order valence-corrected chi connectivity index (χ1v) is 10.9. The number of carbonyl (C=O) groups is 1. The normalized spacial score (nSPS) is 12.6. The molecule has 0 unspecified atom stereocenters. The first kappa shape index (κ1) is 22.7. The highest BCUT2D eigenvalue weighted by Crippen LogP contribution is 2.19. The van der Waals surface area contributed by atoms with Crippen LogP contribution in [-0.2, 0) is 24.3 Å². The second kappa shape index (κ2) is 9.88. The van der Waals surface area contributed by atoms with Crippen molar-refractivity contribution >= 4 is 16.8 Å². The van der Waals surface area contributed by atoms with Gasteiger partial charge >= 0.3 is 0 Å². The number of nitrogens with zero attached hydrogens (tertiary/aromatic N) is 2. The zero-order chi connectivity index (χ0) is 22.5. The second-order valence-electron chi connectivity index (χ2n) is 8.95. The minimum Gasteiger partial charge on any atom is -0.368 e. The number of amides is 1. The van der Waals surface area contributed by atoms with E-state index in [0.29, 0.717) is 35.1 Å². The van der Waals surface area contributed by atoms with E-state index in [4.69, 9.17) is 5.73 Å². The van der Waals surface area contributed by atoms with Gasteiger partial charge in [-0.05, 0) is 30.0 Å². The van der Waals surface area contributed by atoms with Gasteiger partial charge in [-0.2, -0.15) is 0 Å². The maximum Gasteiger partial charge on any atom is 0.262 e. The number of carbonyl (C=O) groups excluding carboxylic acids is 1. The predicted molar refractivity (Wildman–Crippen MR) is 123 cm³/mol. The van der Waals surface area contributed by atoms with E-state index in [2.05, 4.69) is 62.3 Å². The lowest BCUT2D eigenvalue weighted by molar-refractivity contribution is -0.718. The van der Waals surface area contributed by atoms with E-state index in [1.807, 2.05) is 12.1 Å². The number of aromatic nitrogens is 2. The van der Waals surface area contributed by atoms with E-state index in [-0.39, 0.29) is 18.1 Å². The van der Waals surface area contributed by atoms with Crippen LogP contribution < -0.4 is 16.6 Å². The summed E-state index contributed by atoms with van der Waals surface area (Å²) >= 11 is 0. The number of nitrogens with two attached hydrogens (primary N) is 2. The highest BCUT2D eigenvalue weighted by molar-refractivity contribution is 5.78. The maximum absolute atomic E-state index is 13.0. The average molecular weight is 422 g/mol. The van der Waals surface area contributed by atoms with Crippen molar-refractivity contribution in [2.24, 2.45) is 17.6 Å². The zero-order valence-corrected chi connectivity index (χ0v) is 18.8. The van der Waals surface area contributed by atoms with E-state index in [1.54, 1.807) is 12.1 Å². The fourth-order valence-electron chi connectivity index (χ4n) is 4.06. The molecule has 0 spiro atoms. The topological polar surface area (TPSA) is 94.6 Å². The molecule has 0 radical (unpaired) electrons. The van der Waals surface area contributed by atoms with Crippen molar-refractivity contribution in [3.8, 4) is 0 Å². The van der Waals surface area contributed by atoms with Crippen molar-refractivity contribution in [1.82, 2.24) is 9.55 Å². The predicted octanol–water partition coefficient (Wildman–Crippen LogP) is 2.54. The molecule has 0 aliphatic rings. The highest BCUT2D eigenvalue weighted by Gasteiger charge is 2.21. The zero-order valence-electron chi connectivity index (χ0n) is 18.8. The molecule has 0 aliphatic heterocycles. The smallest absolute Gasteiger partial charge is 0.262 e. The third-order valence-corrected chi connectivity index (χ3v) is 5.54. The van der Waals surface area contributed by atoms with Gasteiger partial charge in [-0.25, -0.2) is 4.98 Å². The lowest BCUT2D eigenvalue weighted by Gasteiger charge is -2.21. The minimum absolute atomic E-state index is 0.171. The Kier molecular flexibility index (Phi) is 7.23. The molecule has 3 aromatic rings. The Balaban J connectivity index is 1.89. The van der Waals surface area contributed by atoms with Gasteiger partial charge in [0.05, 0.1) is 10.9 Å². The van der Waals surface area contributed by atoms with Crippen molar-refractivity contribution in [3.05, 3.63) is 75.8 Å². The van der Waals surface area contributed by atoms with Crippen LogP contribution in [-0.4, -0.2) is 15.5 Å². The van der Waals surface area contributed by atoms with E-state index in [1.165, 1.54) is 15.7 Å². The van der Waals surface area contributed by atoms with Crippen molar-refractivity contribution in [2.75, 3.05) is 0 Å². The number of rotatable bonds is 9. The average Bonchev–Trinajstić information content (AvgIpc) is 2.71. The van der Waals surface area contributed by atoms with Crippen molar-refractivity contribution in [2.45, 2.75) is 53.2 Å². The Bertz CT molecular complexity index is 1100. The van der Waals surface area contributed by atoms with Crippen LogP contribution in [0.2, 0.25) is 0 Å². The van der Waals surface area contributed by atoms with Crippen LogP contribution in [0.15, 0.2) is 53.3 Å². The van der Waals surface area contributed by atoms with Crippen LogP contribution in [0.5, 0.6) is 0 Å². The molecular weight excluding hydrogens is 388 g/mol. The van der Waals surface area contributed by atoms with Crippen molar-refractivity contribution < 1.29 is 10.1 Å². The van der Waals surface area contributed by atoms with Gasteiger partial charge < -0.3 is 11.1 Å². The molecule has 2 aromatic carbocycles. The molecule has 4 N–H and O–H groups in total. The summed E-state index contributed by atoms with van der Waals surface area (Å²) in [5, 5.41) is 2.68. The number of hydrogen-bond acceptors (Lipinski definition) is 3. The van der Waals surface area contributed by atoms with E-state index in [0.717, 1.165) is 6.42 Å². The molecule has 6 heteroatoms. The SMILES string of the molecule is CC(C)Cc1ccc([C@H]([NH2+]Cc2nc3ccccc3c(=O)n2CC(N)=O)C(C)C)cc1. The monoisotopic (exact) mass is 421 g/mol. The van der Waals surface area contributed by atoms with Gasteiger partial charge in [0.15, 0.2) is 5.82 Å². The van der Waals surface area contributed by atoms with Gasteiger partial charge in [0.2, 0.25) is 5.91 Å². The first-order valence-electron chi connectivity index (χ1n) is 10.9. The molecule has 1 aromatic heterocycles. The number of para-hydroxylation sites is 1. The molecule has 0 bridgehead atoms. The van der Waals surface area contributed by atoms with Gasteiger partial charge in [-0.3, -0.25) is 14.2 Å². The number of hydrogen-bond donors (Lipinski definition) is 2. The summed E-state index contributed by atoms with van der Waals surface area (Å²) in [5.41, 5.74) is 8.40. The fourth-order valence-corrected chi connectivity index (χ4v) is 4.06. The Hall–Kier alpha value is -2.99. The molecular formula is C25H33N4O2+. The van der Waals surface area contributed by atoms with Crippen molar-refractivity contribution in [1.29, 1.82) is 0 Å². The molecule has 1 heterocycles. The summed E-state index contributed by atoms with van der Waals surface area (Å²) in [5.74, 6) is 1.01. The van der Waals surface area contributed by atoms with Gasteiger partial charge in [0, 0.05) is 11.5 Å². The summed E-state index contributed by atoms with van der Waals surface area (Å²) in [6.45, 7) is 9.13. The summed E-state index contributed by atoms with van der Waals surface area (Å²) in [7, 11) is 0. The fraction of sp³-hybridized carbons (Fsp3) is 0.400. The Morgan fingerprint density at radius 1 is 1.06 bits per heavy atom. The Morgan fingerprint density at radius 2 is 1.74 bits per heavy atom. The van der Waals surface area contributed by atoms with Crippen LogP contribution in [0, 0.1) is 11.8 Å². The molecule has 1 amide bonds. The molecule has 164 valence electrons. The number of primary amides is 1. The number of quaternary nitrogens is 1. The molecule has 1 atom stereocenters. The summed E-state index contributed by atoms with van der Waals surface area (Å²) in [6.07, 6.45) is 1.07. The van der Waals surface area contributed by atoms with Gasteiger partial charge in [-0.1, -0.05) is 64.1 Å². The second-order valence-corrected chi connectivity index (χ2v) is 8.95. The molecule has 6 nitrogen and oxygen atoms in total. The summed E-state index contributed by atoms with van der Waals surface area (Å²) < 4.78 is 1.41. The number of benzene rings is 2. The maximum atomic E-state index is 13.0. The third-order valence-electron chi connectivity index (χ3n) is 5.54. The lowest BCUT2D eigenvalue weighted by atomic mass is 9.93. The Labute approximate surface area is 183 Å². The highest BCUT2D eigenvalue weighted by atomic mass is 16.2. The van der Waals surface area contributed by atoms with Gasteiger partial charge in [-0.15, -0.1) is 0 Å². The van der Waals surface area contributed by atoms with Gasteiger partial charge in [0.1, 0.15) is 19.1 Å². The molecule has 0 fully saturated rings. The largest absolute Gasteiger partial charge is 0.368 e. The molecule has 0 saturated carbocycles. The van der Waals surface area contributed by atoms with Crippen LogP contribution in [0.25, 0.3) is 10.9 Å². The van der Waals surface area contributed by atoms with Crippen LogP contribution in [0.3, 0.4) is 0 Å². The lowest BCUT2D eigenvalue weighted by Crippen LogP contribution is -2.85. The van der Waals surface area contributed by atoms with Crippen LogP contribution in [0.1, 0.15) is 50.7 Å². The standard InChI is InChI=1S/C25H32N4O2/c1-16(2)13-18-9-11-19(12-10-18)24(17(3)4)27-14-23-28-21-8-6-5-7-20(21)25(31)29(23)15-22(26)30/h5-12,16-17,24,27H,13-15H2,1-4H3,(H2,26,30)/p+1/t24-/m1/s1. The van der Waals surface area contributed by atoms with Gasteiger partial charge in [0.25, 0.3) is 5.56 Å². The summed E-state index contributed by atoms with van der Waals surface area (Å²) in [4.78, 5) is 29.3. The van der Waals surface area contributed by atoms with Crippen LogP contribution in [0.4, 0.5) is 0 Å².